The van der Waals surface area contributed by atoms with E-state index < -0.39 is 6.03 Å². The van der Waals surface area contributed by atoms with Crippen LogP contribution in [0, 0.1) is 0 Å². The van der Waals surface area contributed by atoms with Gasteiger partial charge >= 0.3 is 6.03 Å². The summed E-state index contributed by atoms with van der Waals surface area (Å²) in [6, 6.07) is 6.56. The molecule has 2 heterocycles. The number of nitrogens with two attached hydrogens (primary N) is 1. The molecule has 0 atom stereocenters. The molecule has 0 spiro atoms. The van der Waals surface area contributed by atoms with Crippen LogP contribution in [0.15, 0.2) is 24.3 Å². The molecule has 2 aromatic heterocycles. The Hall–Kier alpha value is -2.54. The number of aromatic amines is 1. The molecule has 0 radical (unpaired) electrons. The van der Waals surface area contributed by atoms with Crippen LogP contribution in [0.25, 0.3) is 17.0 Å². The predicted octanol–water partition coefficient (Wildman–Crippen LogP) is 3.17. The van der Waals surface area contributed by atoms with Crippen molar-refractivity contribution < 1.29 is 4.79 Å². The van der Waals surface area contributed by atoms with Crippen LogP contribution in [0.3, 0.4) is 0 Å². The van der Waals surface area contributed by atoms with Crippen LogP contribution < -0.4 is 11.1 Å². The summed E-state index contributed by atoms with van der Waals surface area (Å²) < 4.78 is 1.49. The van der Waals surface area contributed by atoms with Gasteiger partial charge in [0.05, 0.1) is 5.69 Å². The Morgan fingerprint density at radius 3 is 2.70 bits per heavy atom. The van der Waals surface area contributed by atoms with Gasteiger partial charge in [-0.05, 0) is 12.1 Å². The van der Waals surface area contributed by atoms with Gasteiger partial charge in [-0.1, -0.05) is 44.5 Å². The first-order valence-electron chi connectivity index (χ1n) is 7.07. The van der Waals surface area contributed by atoms with Crippen molar-refractivity contribution >= 4 is 29.0 Å². The van der Waals surface area contributed by atoms with Gasteiger partial charge in [0.25, 0.3) is 0 Å². The number of nitrogens with one attached hydrogen (secondary N) is 2. The minimum atomic E-state index is -0.616. The molecule has 0 bridgehead atoms. The SMILES string of the molecule is CC(C)(C)c1nn2nc(-c3cccc(NC(N)=O)c3)[nH]c2c1Cl. The average Bonchev–Trinajstić information content (AvgIpc) is 2.98. The lowest BCUT2D eigenvalue weighted by atomic mass is 9.92. The number of hydrogen-bond acceptors (Lipinski definition) is 3. The Balaban J connectivity index is 2.03. The molecule has 0 saturated carbocycles. The third-order valence-electron chi connectivity index (χ3n) is 3.36. The van der Waals surface area contributed by atoms with Crippen LogP contribution in [0.2, 0.25) is 5.02 Å². The number of halogens is 1. The van der Waals surface area contributed by atoms with E-state index in [1.54, 1.807) is 18.2 Å². The summed E-state index contributed by atoms with van der Waals surface area (Å²) in [6.07, 6.45) is 0. The molecule has 7 nitrogen and oxygen atoms in total. The van der Waals surface area contributed by atoms with Crippen LogP contribution in [0.4, 0.5) is 10.5 Å². The van der Waals surface area contributed by atoms with Crippen molar-refractivity contribution in [1.82, 2.24) is 19.8 Å². The van der Waals surface area contributed by atoms with E-state index in [1.807, 2.05) is 26.8 Å². The minimum Gasteiger partial charge on any atom is -0.351 e. The number of carbonyl (C=O) groups is 1. The zero-order chi connectivity index (χ0) is 16.8. The highest BCUT2D eigenvalue weighted by Gasteiger charge is 2.25. The van der Waals surface area contributed by atoms with E-state index >= 15 is 0 Å². The third-order valence-corrected chi connectivity index (χ3v) is 3.71. The normalized spacial score (nSPS) is 11.8. The lowest BCUT2D eigenvalue weighted by Gasteiger charge is -2.14. The maximum absolute atomic E-state index is 10.9. The minimum absolute atomic E-state index is 0.170. The molecule has 120 valence electrons. The van der Waals surface area contributed by atoms with Crippen LogP contribution in [0.5, 0.6) is 0 Å². The van der Waals surface area contributed by atoms with Gasteiger partial charge in [0.15, 0.2) is 11.5 Å². The van der Waals surface area contributed by atoms with Gasteiger partial charge in [-0.15, -0.1) is 9.73 Å². The summed E-state index contributed by atoms with van der Waals surface area (Å²) in [4.78, 5) is 14.1. The molecule has 0 aliphatic carbocycles. The van der Waals surface area contributed by atoms with E-state index in [-0.39, 0.29) is 5.41 Å². The second kappa shape index (κ2) is 5.27. The van der Waals surface area contributed by atoms with Gasteiger partial charge in [0.1, 0.15) is 5.02 Å². The van der Waals surface area contributed by atoms with Crippen LogP contribution in [-0.2, 0) is 5.41 Å². The first-order chi connectivity index (χ1) is 10.8. The summed E-state index contributed by atoms with van der Waals surface area (Å²) in [7, 11) is 0. The van der Waals surface area contributed by atoms with E-state index in [2.05, 4.69) is 20.5 Å². The molecule has 23 heavy (non-hydrogen) atoms. The van der Waals surface area contributed by atoms with Gasteiger partial charge in [-0.2, -0.15) is 5.10 Å². The molecule has 8 heteroatoms. The van der Waals surface area contributed by atoms with E-state index in [0.29, 0.717) is 22.2 Å². The maximum atomic E-state index is 10.9. The van der Waals surface area contributed by atoms with Gasteiger partial charge in [-0.25, -0.2) is 4.79 Å². The van der Waals surface area contributed by atoms with Crippen molar-refractivity contribution in [2.75, 3.05) is 5.32 Å². The molecule has 3 aromatic rings. The predicted molar refractivity (Wildman–Crippen MR) is 89.7 cm³/mol. The summed E-state index contributed by atoms with van der Waals surface area (Å²) in [5, 5.41) is 12.0. The number of fused-ring (bicyclic) bond motifs is 1. The van der Waals surface area contributed by atoms with E-state index in [1.165, 1.54) is 4.63 Å². The monoisotopic (exact) mass is 332 g/mol. The molecule has 4 N–H and O–H groups in total. The highest BCUT2D eigenvalue weighted by molar-refractivity contribution is 6.34. The van der Waals surface area contributed by atoms with Crippen molar-refractivity contribution in [2.24, 2.45) is 5.73 Å². The summed E-state index contributed by atoms with van der Waals surface area (Å²) >= 11 is 6.41. The first kappa shape index (κ1) is 15.4. The number of primary amides is 1. The topological polar surface area (TPSA) is 101 Å². The highest BCUT2D eigenvalue weighted by atomic mass is 35.5. The van der Waals surface area contributed by atoms with Crippen LogP contribution in [-0.4, -0.2) is 25.8 Å². The lowest BCUT2D eigenvalue weighted by Crippen LogP contribution is -2.19. The van der Waals surface area contributed by atoms with E-state index in [0.717, 1.165) is 11.3 Å². The molecule has 2 amide bonds. The van der Waals surface area contributed by atoms with Gasteiger partial charge in [-0.3, -0.25) is 0 Å². The average molecular weight is 333 g/mol. The Morgan fingerprint density at radius 2 is 2.09 bits per heavy atom. The van der Waals surface area contributed by atoms with Crippen LogP contribution >= 0.6 is 11.6 Å². The number of urea groups is 1. The van der Waals surface area contributed by atoms with Gasteiger partial charge in [0.2, 0.25) is 0 Å². The van der Waals surface area contributed by atoms with Crippen LogP contribution in [0.1, 0.15) is 26.5 Å². The molecule has 0 unspecified atom stereocenters. The summed E-state index contributed by atoms with van der Waals surface area (Å²) in [5.74, 6) is 0.600. The van der Waals surface area contributed by atoms with E-state index in [4.69, 9.17) is 17.3 Å². The Labute approximate surface area is 137 Å². The van der Waals surface area contributed by atoms with E-state index in [9.17, 15) is 4.79 Å². The molecule has 0 aliphatic rings. The number of carbonyl (C=O) groups excluding carboxylic acids is 1. The number of amides is 2. The Kier molecular flexibility index (Phi) is 3.52. The molecule has 0 fully saturated rings. The van der Waals surface area contributed by atoms with Crippen molar-refractivity contribution in [1.29, 1.82) is 0 Å². The highest BCUT2D eigenvalue weighted by Crippen LogP contribution is 2.32. The quantitative estimate of drug-likeness (QED) is 0.671. The largest absolute Gasteiger partial charge is 0.351 e. The number of nitrogens with zero attached hydrogens (tertiary/aromatic N) is 3. The molecule has 1 aromatic carbocycles. The van der Waals surface area contributed by atoms with Gasteiger partial charge < -0.3 is 16.0 Å². The summed E-state index contributed by atoms with van der Waals surface area (Å²) in [5.41, 5.74) is 7.76. The number of hydrogen-bond donors (Lipinski definition) is 3. The van der Waals surface area contributed by atoms with Crippen molar-refractivity contribution in [3.05, 3.63) is 35.0 Å². The standard InChI is InChI=1S/C15H17ClN6O/c1-15(2,3)11-10(16)13-19-12(21-22(13)20-11)8-5-4-6-9(7-8)18-14(17)23/h4-7H,1-3H3,(H,19,21)(H3,17,18,23). The summed E-state index contributed by atoms with van der Waals surface area (Å²) in [6.45, 7) is 6.13. The van der Waals surface area contributed by atoms with Gasteiger partial charge in [0, 0.05) is 16.7 Å². The molecular weight excluding hydrogens is 316 g/mol. The number of aromatic nitrogens is 4. The fourth-order valence-electron chi connectivity index (χ4n) is 2.29. The second-order valence-electron chi connectivity index (χ2n) is 6.29. The second-order valence-corrected chi connectivity index (χ2v) is 6.67. The Morgan fingerprint density at radius 1 is 1.35 bits per heavy atom. The van der Waals surface area contributed by atoms with Crippen molar-refractivity contribution in [3.63, 3.8) is 0 Å². The fraction of sp³-hybridized carbons (Fsp3) is 0.267. The maximum Gasteiger partial charge on any atom is 0.316 e. The molecule has 0 saturated heterocycles. The number of benzene rings is 1. The van der Waals surface area contributed by atoms with Crippen molar-refractivity contribution in [3.8, 4) is 11.4 Å². The third kappa shape index (κ3) is 2.87. The van der Waals surface area contributed by atoms with Crippen molar-refractivity contribution in [2.45, 2.75) is 26.2 Å². The zero-order valence-electron chi connectivity index (χ0n) is 13.0. The fourth-order valence-corrected chi connectivity index (χ4v) is 2.74. The number of anilines is 1. The molecule has 3 rings (SSSR count). The first-order valence-corrected chi connectivity index (χ1v) is 7.45. The molecular formula is C15H17ClN6O. The Bertz CT molecular complexity index is 889. The number of H-pyrrole nitrogens is 1. The number of rotatable bonds is 2. The lowest BCUT2D eigenvalue weighted by molar-refractivity contribution is 0.259. The molecule has 0 aliphatic heterocycles. The zero-order valence-corrected chi connectivity index (χ0v) is 13.8. The smallest absolute Gasteiger partial charge is 0.316 e.